The van der Waals surface area contributed by atoms with Gasteiger partial charge in [-0.2, -0.15) is 5.10 Å². The summed E-state index contributed by atoms with van der Waals surface area (Å²) in [7, 11) is 1.63. The number of ether oxygens (including phenoxy) is 1. The molecule has 0 aliphatic carbocycles. The number of anilines is 1. The lowest BCUT2D eigenvalue weighted by Gasteiger charge is -2.36. The maximum Gasteiger partial charge on any atom is 0.272 e. The van der Waals surface area contributed by atoms with Crippen LogP contribution in [-0.4, -0.2) is 60.1 Å². The fraction of sp³-hybridized carbons (Fsp3) is 0.261. The average molecular weight is 404 g/mol. The van der Waals surface area contributed by atoms with Crippen molar-refractivity contribution in [1.29, 1.82) is 0 Å². The number of benzene rings is 2. The molecule has 154 valence electrons. The lowest BCUT2D eigenvalue weighted by molar-refractivity contribution is 0.0740. The molecular formula is C23H24N4O3. The fourth-order valence-electron chi connectivity index (χ4n) is 3.59. The van der Waals surface area contributed by atoms with Crippen LogP contribution in [0.1, 0.15) is 27.8 Å². The zero-order chi connectivity index (χ0) is 21.1. The van der Waals surface area contributed by atoms with E-state index in [2.05, 4.69) is 15.1 Å². The second-order valence-electron chi connectivity index (χ2n) is 7.28. The minimum Gasteiger partial charge on any atom is -0.497 e. The summed E-state index contributed by atoms with van der Waals surface area (Å²) >= 11 is 0. The molecule has 7 nitrogen and oxygen atoms in total. The third-order valence-electron chi connectivity index (χ3n) is 5.40. The molecule has 2 aromatic carbocycles. The molecule has 1 amide bonds. The van der Waals surface area contributed by atoms with Gasteiger partial charge in [0, 0.05) is 43.0 Å². The summed E-state index contributed by atoms with van der Waals surface area (Å²) in [5.74, 6) is 0.791. The lowest BCUT2D eigenvalue weighted by Crippen LogP contribution is -2.48. The highest BCUT2D eigenvalue weighted by Crippen LogP contribution is 2.22. The monoisotopic (exact) mass is 404 g/mol. The van der Waals surface area contributed by atoms with Gasteiger partial charge >= 0.3 is 0 Å². The Kier molecular flexibility index (Phi) is 5.52. The first-order valence-corrected chi connectivity index (χ1v) is 9.90. The van der Waals surface area contributed by atoms with E-state index in [1.54, 1.807) is 20.1 Å². The van der Waals surface area contributed by atoms with Crippen molar-refractivity contribution in [1.82, 2.24) is 15.1 Å². The molecule has 0 atom stereocenters. The van der Waals surface area contributed by atoms with Crippen molar-refractivity contribution >= 4 is 17.4 Å². The largest absolute Gasteiger partial charge is 0.497 e. The highest BCUT2D eigenvalue weighted by Gasteiger charge is 2.24. The van der Waals surface area contributed by atoms with Crippen LogP contribution in [0.15, 0.2) is 54.6 Å². The predicted octanol–water partition coefficient (Wildman–Crippen LogP) is 3.25. The van der Waals surface area contributed by atoms with E-state index < -0.39 is 0 Å². The smallest absolute Gasteiger partial charge is 0.272 e. The van der Waals surface area contributed by atoms with Gasteiger partial charge in [0.05, 0.1) is 12.8 Å². The van der Waals surface area contributed by atoms with Gasteiger partial charge in [-0.1, -0.05) is 0 Å². The van der Waals surface area contributed by atoms with Crippen LogP contribution in [-0.2, 0) is 0 Å². The summed E-state index contributed by atoms with van der Waals surface area (Å²) in [6.45, 7) is 4.30. The standard InChI is InChI=1S/C23H24N4O3/c1-16(28)17-3-7-19(8-4-17)26-11-13-27(14-12-26)23(29)22-15-21(24-25-22)18-5-9-20(30-2)10-6-18/h3-10,15H,11-14H2,1-2H3,(H,24,25). The van der Waals surface area contributed by atoms with E-state index in [1.807, 2.05) is 53.4 Å². The number of aromatic amines is 1. The third kappa shape index (κ3) is 4.05. The Labute approximate surface area is 175 Å². The molecule has 1 saturated heterocycles. The number of piperazine rings is 1. The summed E-state index contributed by atoms with van der Waals surface area (Å²) in [4.78, 5) is 28.4. The van der Waals surface area contributed by atoms with Crippen LogP contribution in [0.3, 0.4) is 0 Å². The zero-order valence-electron chi connectivity index (χ0n) is 17.1. The molecule has 4 rings (SSSR count). The number of rotatable bonds is 5. The molecule has 1 aliphatic heterocycles. The first-order chi connectivity index (χ1) is 14.5. The van der Waals surface area contributed by atoms with E-state index in [9.17, 15) is 9.59 Å². The van der Waals surface area contributed by atoms with E-state index in [0.717, 1.165) is 35.8 Å². The quantitative estimate of drug-likeness (QED) is 0.661. The molecule has 1 fully saturated rings. The van der Waals surface area contributed by atoms with Gasteiger partial charge in [-0.15, -0.1) is 0 Å². The highest BCUT2D eigenvalue weighted by molar-refractivity contribution is 5.94. The van der Waals surface area contributed by atoms with Crippen LogP contribution in [0, 0.1) is 0 Å². The van der Waals surface area contributed by atoms with E-state index in [4.69, 9.17) is 4.74 Å². The number of H-pyrrole nitrogens is 1. The number of Topliss-reactive ketones (excluding diaryl/α,β-unsaturated/α-hetero) is 1. The molecule has 1 aliphatic rings. The molecule has 0 unspecified atom stereocenters. The number of amides is 1. The summed E-state index contributed by atoms with van der Waals surface area (Å²) in [5, 5.41) is 7.16. The highest BCUT2D eigenvalue weighted by atomic mass is 16.5. The minimum absolute atomic E-state index is 0.0474. The topological polar surface area (TPSA) is 78.5 Å². The molecule has 1 aromatic heterocycles. The third-order valence-corrected chi connectivity index (χ3v) is 5.40. The number of hydrogen-bond donors (Lipinski definition) is 1. The summed E-state index contributed by atoms with van der Waals surface area (Å²) in [5.41, 5.74) is 3.91. The van der Waals surface area contributed by atoms with Crippen LogP contribution < -0.4 is 9.64 Å². The van der Waals surface area contributed by atoms with Crippen molar-refractivity contribution in [3.8, 4) is 17.0 Å². The number of carbonyl (C=O) groups excluding carboxylic acids is 2. The fourth-order valence-corrected chi connectivity index (χ4v) is 3.59. The van der Waals surface area contributed by atoms with Crippen LogP contribution in [0.25, 0.3) is 11.3 Å². The number of methoxy groups -OCH3 is 1. The Morgan fingerprint density at radius 3 is 2.23 bits per heavy atom. The van der Waals surface area contributed by atoms with Crippen molar-refractivity contribution in [3.63, 3.8) is 0 Å². The maximum atomic E-state index is 12.9. The Balaban J connectivity index is 1.38. The van der Waals surface area contributed by atoms with Gasteiger partial charge in [-0.25, -0.2) is 0 Å². The maximum absolute atomic E-state index is 12.9. The number of nitrogens with zero attached hydrogens (tertiary/aromatic N) is 3. The SMILES string of the molecule is COc1ccc(-c2cc(C(=O)N3CCN(c4ccc(C(C)=O)cc4)CC3)[nH]n2)cc1. The predicted molar refractivity (Wildman–Crippen MR) is 115 cm³/mol. The van der Waals surface area contributed by atoms with Crippen LogP contribution >= 0.6 is 0 Å². The summed E-state index contributed by atoms with van der Waals surface area (Å²) in [6, 6.07) is 17.0. The number of carbonyl (C=O) groups is 2. The van der Waals surface area contributed by atoms with Gasteiger partial charge in [0.2, 0.25) is 0 Å². The van der Waals surface area contributed by atoms with Crippen molar-refractivity contribution in [2.75, 3.05) is 38.2 Å². The Morgan fingerprint density at radius 1 is 0.967 bits per heavy atom. The van der Waals surface area contributed by atoms with Gasteiger partial charge in [0.15, 0.2) is 5.78 Å². The zero-order valence-corrected chi connectivity index (χ0v) is 17.1. The van der Waals surface area contributed by atoms with Crippen LogP contribution in [0.2, 0.25) is 0 Å². The molecule has 0 radical (unpaired) electrons. The normalized spacial score (nSPS) is 13.9. The van der Waals surface area contributed by atoms with E-state index in [0.29, 0.717) is 24.3 Å². The van der Waals surface area contributed by atoms with Crippen molar-refractivity contribution < 1.29 is 14.3 Å². The number of ketones is 1. The molecule has 2 heterocycles. The molecule has 0 saturated carbocycles. The molecule has 0 spiro atoms. The van der Waals surface area contributed by atoms with Crippen LogP contribution in [0.4, 0.5) is 5.69 Å². The molecule has 30 heavy (non-hydrogen) atoms. The number of nitrogens with one attached hydrogen (secondary N) is 1. The van der Waals surface area contributed by atoms with Crippen molar-refractivity contribution in [3.05, 3.63) is 65.9 Å². The second kappa shape index (κ2) is 8.41. The Hall–Kier alpha value is -3.61. The summed E-state index contributed by atoms with van der Waals surface area (Å²) in [6.07, 6.45) is 0. The Bertz CT molecular complexity index is 1030. The first kappa shape index (κ1) is 19.7. The number of aromatic nitrogens is 2. The second-order valence-corrected chi connectivity index (χ2v) is 7.28. The summed E-state index contributed by atoms with van der Waals surface area (Å²) < 4.78 is 5.18. The van der Waals surface area contributed by atoms with Gasteiger partial charge in [-0.3, -0.25) is 14.7 Å². The van der Waals surface area contributed by atoms with E-state index in [-0.39, 0.29) is 11.7 Å². The van der Waals surface area contributed by atoms with Crippen LogP contribution in [0.5, 0.6) is 5.75 Å². The van der Waals surface area contributed by atoms with Crippen molar-refractivity contribution in [2.24, 2.45) is 0 Å². The van der Waals surface area contributed by atoms with Gasteiger partial charge < -0.3 is 14.5 Å². The lowest BCUT2D eigenvalue weighted by atomic mass is 10.1. The first-order valence-electron chi connectivity index (χ1n) is 9.90. The number of hydrogen-bond acceptors (Lipinski definition) is 5. The molecule has 3 aromatic rings. The minimum atomic E-state index is -0.0474. The average Bonchev–Trinajstić information content (AvgIpc) is 3.29. The van der Waals surface area contributed by atoms with Gasteiger partial charge in [-0.05, 0) is 61.5 Å². The molecule has 7 heteroatoms. The molecule has 1 N–H and O–H groups in total. The Morgan fingerprint density at radius 2 is 1.63 bits per heavy atom. The van der Waals surface area contributed by atoms with Crippen molar-refractivity contribution in [2.45, 2.75) is 6.92 Å². The van der Waals surface area contributed by atoms with Gasteiger partial charge in [0.1, 0.15) is 11.4 Å². The van der Waals surface area contributed by atoms with E-state index >= 15 is 0 Å². The van der Waals surface area contributed by atoms with Gasteiger partial charge in [0.25, 0.3) is 5.91 Å². The molecular weight excluding hydrogens is 380 g/mol. The molecule has 0 bridgehead atoms. The van der Waals surface area contributed by atoms with E-state index in [1.165, 1.54) is 0 Å².